The van der Waals surface area contributed by atoms with Crippen molar-refractivity contribution in [1.29, 1.82) is 0 Å². The molecule has 0 bridgehead atoms. The van der Waals surface area contributed by atoms with Gasteiger partial charge in [-0.3, -0.25) is 9.97 Å². The number of hydrogen-bond donors (Lipinski definition) is 1. The van der Waals surface area contributed by atoms with Crippen molar-refractivity contribution in [1.82, 2.24) is 20.3 Å². The van der Waals surface area contributed by atoms with Gasteiger partial charge in [0.05, 0.1) is 13.2 Å². The van der Waals surface area contributed by atoms with Crippen LogP contribution in [-0.4, -0.2) is 29.1 Å². The van der Waals surface area contributed by atoms with Gasteiger partial charge in [0, 0.05) is 23.8 Å². The third-order valence-corrected chi connectivity index (χ3v) is 2.88. The molecule has 0 saturated carbocycles. The van der Waals surface area contributed by atoms with Gasteiger partial charge in [0.15, 0.2) is 0 Å². The molecule has 0 aliphatic carbocycles. The molecule has 0 spiro atoms. The van der Waals surface area contributed by atoms with E-state index in [4.69, 9.17) is 4.74 Å². The van der Waals surface area contributed by atoms with Gasteiger partial charge in [-0.1, -0.05) is 0 Å². The van der Waals surface area contributed by atoms with Crippen molar-refractivity contribution in [2.24, 2.45) is 0 Å². The van der Waals surface area contributed by atoms with E-state index in [1.165, 1.54) is 0 Å². The monoisotopic (exact) mass is 258 g/mol. The molecule has 5 heteroatoms. The number of aryl methyl sites for hydroxylation is 2. The fraction of sp³-hybridized carbons (Fsp3) is 0.357. The van der Waals surface area contributed by atoms with Crippen LogP contribution in [0, 0.1) is 13.8 Å². The second-order valence-electron chi connectivity index (χ2n) is 4.36. The van der Waals surface area contributed by atoms with Crippen LogP contribution >= 0.6 is 0 Å². The average molecular weight is 258 g/mol. The van der Waals surface area contributed by atoms with E-state index >= 15 is 0 Å². The lowest BCUT2D eigenvalue weighted by atomic mass is 10.0. The summed E-state index contributed by atoms with van der Waals surface area (Å²) in [7, 11) is 3.49. The Bertz CT molecular complexity index is 551. The molecule has 0 radical (unpaired) electrons. The van der Waals surface area contributed by atoms with Gasteiger partial charge in [0.25, 0.3) is 0 Å². The van der Waals surface area contributed by atoms with Crippen LogP contribution in [0.25, 0.3) is 0 Å². The van der Waals surface area contributed by atoms with Crippen LogP contribution in [0.2, 0.25) is 0 Å². The fourth-order valence-corrected chi connectivity index (χ4v) is 2.19. The van der Waals surface area contributed by atoms with E-state index in [1.807, 2.05) is 33.0 Å². The molecule has 0 fully saturated rings. The first-order chi connectivity index (χ1) is 9.15. The molecule has 1 unspecified atom stereocenters. The lowest BCUT2D eigenvalue weighted by molar-refractivity contribution is 0.384. The summed E-state index contributed by atoms with van der Waals surface area (Å²) in [4.78, 5) is 13.0. The highest BCUT2D eigenvalue weighted by atomic mass is 16.5. The molecule has 0 aromatic carbocycles. The Morgan fingerprint density at radius 1 is 1.11 bits per heavy atom. The Labute approximate surface area is 113 Å². The molecule has 2 aromatic heterocycles. The zero-order valence-corrected chi connectivity index (χ0v) is 11.6. The molecule has 0 aliphatic heterocycles. The standard InChI is InChI=1S/C14H18N4O/c1-9-7-11(8-10(2)18-9)12(15-3)13-14(19-4)17-6-5-16-13/h5-8,12,15H,1-4H3. The molecule has 1 atom stereocenters. The zero-order valence-electron chi connectivity index (χ0n) is 11.6. The molecule has 2 heterocycles. The van der Waals surface area contributed by atoms with Gasteiger partial charge in [-0.15, -0.1) is 0 Å². The van der Waals surface area contributed by atoms with Gasteiger partial charge in [0.2, 0.25) is 5.88 Å². The lowest BCUT2D eigenvalue weighted by Gasteiger charge is -2.18. The number of hydrogen-bond acceptors (Lipinski definition) is 5. The first-order valence-corrected chi connectivity index (χ1v) is 6.13. The van der Waals surface area contributed by atoms with Crippen LogP contribution in [0.4, 0.5) is 0 Å². The summed E-state index contributed by atoms with van der Waals surface area (Å²) in [5, 5.41) is 3.25. The van der Waals surface area contributed by atoms with E-state index in [0.717, 1.165) is 22.6 Å². The van der Waals surface area contributed by atoms with E-state index in [9.17, 15) is 0 Å². The van der Waals surface area contributed by atoms with Gasteiger partial charge in [0.1, 0.15) is 5.69 Å². The number of aromatic nitrogens is 3. The molecule has 5 nitrogen and oxygen atoms in total. The summed E-state index contributed by atoms with van der Waals surface area (Å²) < 4.78 is 5.28. The summed E-state index contributed by atoms with van der Waals surface area (Å²) in [5.74, 6) is 0.536. The summed E-state index contributed by atoms with van der Waals surface area (Å²) in [6.45, 7) is 3.97. The third kappa shape index (κ3) is 2.88. The molecule has 1 N–H and O–H groups in total. The Kier molecular flexibility index (Phi) is 4.06. The number of rotatable bonds is 4. The predicted molar refractivity (Wildman–Crippen MR) is 73.2 cm³/mol. The van der Waals surface area contributed by atoms with Crippen LogP contribution in [0.5, 0.6) is 5.88 Å². The molecular formula is C14H18N4O. The summed E-state index contributed by atoms with van der Waals surface area (Å²) in [6.07, 6.45) is 3.29. The average Bonchev–Trinajstić information content (AvgIpc) is 2.39. The minimum atomic E-state index is -0.0657. The van der Waals surface area contributed by atoms with Crippen molar-refractivity contribution < 1.29 is 4.74 Å². The first-order valence-electron chi connectivity index (χ1n) is 6.13. The van der Waals surface area contributed by atoms with Crippen molar-refractivity contribution in [3.63, 3.8) is 0 Å². The fourth-order valence-electron chi connectivity index (χ4n) is 2.19. The highest BCUT2D eigenvalue weighted by Gasteiger charge is 2.19. The molecule has 2 rings (SSSR count). The molecular weight excluding hydrogens is 240 g/mol. The third-order valence-electron chi connectivity index (χ3n) is 2.88. The smallest absolute Gasteiger partial charge is 0.237 e. The van der Waals surface area contributed by atoms with Crippen molar-refractivity contribution in [2.45, 2.75) is 19.9 Å². The summed E-state index contributed by atoms with van der Waals surface area (Å²) in [6, 6.07) is 4.02. The van der Waals surface area contributed by atoms with Crippen molar-refractivity contribution in [2.75, 3.05) is 14.2 Å². The highest BCUT2D eigenvalue weighted by molar-refractivity contribution is 5.34. The number of methoxy groups -OCH3 is 1. The summed E-state index contributed by atoms with van der Waals surface area (Å²) >= 11 is 0. The number of ether oxygens (including phenoxy) is 1. The molecule has 2 aromatic rings. The van der Waals surface area contributed by atoms with Gasteiger partial charge in [-0.25, -0.2) is 4.98 Å². The van der Waals surface area contributed by atoms with Gasteiger partial charge >= 0.3 is 0 Å². The Morgan fingerprint density at radius 3 is 2.32 bits per heavy atom. The van der Waals surface area contributed by atoms with Gasteiger partial charge < -0.3 is 10.1 Å². The van der Waals surface area contributed by atoms with Crippen LogP contribution in [-0.2, 0) is 0 Å². The van der Waals surface area contributed by atoms with Gasteiger partial charge in [-0.2, -0.15) is 0 Å². The van der Waals surface area contributed by atoms with Crippen molar-refractivity contribution in [3.8, 4) is 5.88 Å². The molecule has 100 valence electrons. The van der Waals surface area contributed by atoms with Crippen LogP contribution in [0.15, 0.2) is 24.5 Å². The number of nitrogens with zero attached hydrogens (tertiary/aromatic N) is 3. The maximum absolute atomic E-state index is 5.28. The SMILES string of the molecule is CNC(c1cc(C)nc(C)c1)c1nccnc1OC. The normalized spacial score (nSPS) is 12.2. The number of nitrogens with one attached hydrogen (secondary N) is 1. The van der Waals surface area contributed by atoms with E-state index in [-0.39, 0.29) is 6.04 Å². The first kappa shape index (κ1) is 13.4. The van der Waals surface area contributed by atoms with E-state index in [2.05, 4.69) is 20.3 Å². The van der Waals surface area contributed by atoms with Crippen LogP contribution < -0.4 is 10.1 Å². The van der Waals surface area contributed by atoms with Crippen LogP contribution in [0.3, 0.4) is 0 Å². The van der Waals surface area contributed by atoms with Crippen LogP contribution in [0.1, 0.15) is 28.7 Å². The Balaban J connectivity index is 2.49. The van der Waals surface area contributed by atoms with Crippen molar-refractivity contribution in [3.05, 3.63) is 47.2 Å². The second kappa shape index (κ2) is 5.75. The van der Waals surface area contributed by atoms with Crippen molar-refractivity contribution >= 4 is 0 Å². The maximum atomic E-state index is 5.28. The minimum Gasteiger partial charge on any atom is -0.480 e. The molecule has 0 aliphatic rings. The molecule has 0 amide bonds. The largest absolute Gasteiger partial charge is 0.480 e. The predicted octanol–water partition coefficient (Wildman–Crippen LogP) is 1.81. The van der Waals surface area contributed by atoms with Gasteiger partial charge in [-0.05, 0) is 38.6 Å². The quantitative estimate of drug-likeness (QED) is 0.906. The Morgan fingerprint density at radius 2 is 1.74 bits per heavy atom. The van der Waals surface area contributed by atoms with E-state index in [1.54, 1.807) is 19.5 Å². The number of pyridine rings is 1. The zero-order chi connectivity index (χ0) is 13.8. The van der Waals surface area contributed by atoms with E-state index in [0.29, 0.717) is 5.88 Å². The molecule has 19 heavy (non-hydrogen) atoms. The highest BCUT2D eigenvalue weighted by Crippen LogP contribution is 2.26. The maximum Gasteiger partial charge on any atom is 0.237 e. The molecule has 0 saturated heterocycles. The topological polar surface area (TPSA) is 59.9 Å². The minimum absolute atomic E-state index is 0.0657. The Hall–Kier alpha value is -2.01. The van der Waals surface area contributed by atoms with E-state index < -0.39 is 0 Å². The second-order valence-corrected chi connectivity index (χ2v) is 4.36. The lowest BCUT2D eigenvalue weighted by Crippen LogP contribution is -2.20. The summed E-state index contributed by atoms with van der Waals surface area (Å²) in [5.41, 5.74) is 3.85.